The van der Waals surface area contributed by atoms with Gasteiger partial charge in [0.15, 0.2) is 0 Å². The second-order valence-electron chi connectivity index (χ2n) is 3.18. The lowest BCUT2D eigenvalue weighted by atomic mass is 10.1. The Hall–Kier alpha value is -0.530. The zero-order valence-corrected chi connectivity index (χ0v) is 8.52. The van der Waals surface area contributed by atoms with Crippen molar-refractivity contribution in [3.05, 3.63) is 0 Å². The van der Waals surface area contributed by atoms with Crippen LogP contribution < -0.4 is 5.32 Å². The zero-order valence-electron chi connectivity index (χ0n) is 8.52. The van der Waals surface area contributed by atoms with Crippen LogP contribution in [0, 0.1) is 0 Å². The van der Waals surface area contributed by atoms with E-state index in [0.717, 1.165) is 25.7 Å². The van der Waals surface area contributed by atoms with E-state index in [1.807, 2.05) is 0 Å². The van der Waals surface area contributed by atoms with Gasteiger partial charge in [-0.3, -0.25) is 4.79 Å². The molecule has 0 aromatic carbocycles. The number of carbonyl (C=O) groups excluding carboxylic acids is 1. The van der Waals surface area contributed by atoms with Gasteiger partial charge in [-0.15, -0.1) is 0 Å². The molecule has 0 unspecified atom stereocenters. The Kier molecular flexibility index (Phi) is 6.82. The van der Waals surface area contributed by atoms with Crippen molar-refractivity contribution in [2.75, 3.05) is 0 Å². The molecule has 0 aromatic heterocycles. The van der Waals surface area contributed by atoms with Crippen LogP contribution in [0.5, 0.6) is 0 Å². The number of carbonyl (C=O) groups is 1. The first-order valence-electron chi connectivity index (χ1n) is 5.03. The van der Waals surface area contributed by atoms with Gasteiger partial charge in [0.05, 0.1) is 0 Å². The average Bonchev–Trinajstić information content (AvgIpc) is 2.10. The number of rotatable bonds is 6. The molecule has 0 aliphatic rings. The summed E-state index contributed by atoms with van der Waals surface area (Å²) in [6, 6.07) is 0.384. The van der Waals surface area contributed by atoms with Crippen LogP contribution in [0.3, 0.4) is 0 Å². The number of hydrogen-bond acceptors (Lipinski definition) is 1. The quantitative estimate of drug-likeness (QED) is 0.653. The molecular weight excluding hydrogens is 150 g/mol. The van der Waals surface area contributed by atoms with E-state index in [2.05, 4.69) is 26.1 Å². The van der Waals surface area contributed by atoms with Gasteiger partial charge in [-0.2, -0.15) is 0 Å². The monoisotopic (exact) mass is 171 g/mol. The van der Waals surface area contributed by atoms with E-state index >= 15 is 0 Å². The van der Waals surface area contributed by atoms with Gasteiger partial charge < -0.3 is 5.32 Å². The molecule has 0 radical (unpaired) electrons. The van der Waals surface area contributed by atoms with E-state index in [1.165, 1.54) is 0 Å². The molecule has 12 heavy (non-hydrogen) atoms. The lowest BCUT2D eigenvalue weighted by molar-refractivity contribution is -0.121. The molecular formula is C10H21NO. The van der Waals surface area contributed by atoms with Gasteiger partial charge in [0, 0.05) is 12.5 Å². The van der Waals surface area contributed by atoms with Crippen LogP contribution in [0.25, 0.3) is 0 Å². The highest BCUT2D eigenvalue weighted by molar-refractivity contribution is 5.76. The Labute approximate surface area is 75.7 Å². The molecule has 0 aliphatic heterocycles. The Bertz CT molecular complexity index is 119. The first-order chi connectivity index (χ1) is 5.74. The standard InChI is InChI=1S/C10H21NO/c1-4-7-8-10(12)11-9(5-2)6-3/h9H,4-8H2,1-3H3,(H,11,12). The summed E-state index contributed by atoms with van der Waals surface area (Å²) in [6.45, 7) is 6.31. The minimum atomic E-state index is 0.213. The van der Waals surface area contributed by atoms with Gasteiger partial charge in [-0.25, -0.2) is 0 Å². The van der Waals surface area contributed by atoms with Crippen LogP contribution in [-0.4, -0.2) is 11.9 Å². The lowest BCUT2D eigenvalue weighted by Gasteiger charge is -2.14. The minimum Gasteiger partial charge on any atom is -0.353 e. The molecule has 1 amide bonds. The normalized spacial score (nSPS) is 10.3. The third kappa shape index (κ3) is 5.16. The smallest absolute Gasteiger partial charge is 0.220 e. The van der Waals surface area contributed by atoms with E-state index in [9.17, 15) is 4.79 Å². The van der Waals surface area contributed by atoms with E-state index in [0.29, 0.717) is 12.5 Å². The van der Waals surface area contributed by atoms with Crippen molar-refractivity contribution >= 4 is 5.91 Å². The van der Waals surface area contributed by atoms with Crippen molar-refractivity contribution in [2.45, 2.75) is 58.9 Å². The van der Waals surface area contributed by atoms with Gasteiger partial charge >= 0.3 is 0 Å². The minimum absolute atomic E-state index is 0.213. The molecule has 0 saturated heterocycles. The molecule has 0 rings (SSSR count). The Morgan fingerprint density at radius 2 is 1.83 bits per heavy atom. The number of unbranched alkanes of at least 4 members (excludes halogenated alkanes) is 1. The highest BCUT2D eigenvalue weighted by Crippen LogP contribution is 1.99. The highest BCUT2D eigenvalue weighted by Gasteiger charge is 2.06. The van der Waals surface area contributed by atoms with E-state index < -0.39 is 0 Å². The van der Waals surface area contributed by atoms with Crippen LogP contribution in [0.4, 0.5) is 0 Å². The maximum absolute atomic E-state index is 11.2. The number of hydrogen-bond donors (Lipinski definition) is 1. The fraction of sp³-hybridized carbons (Fsp3) is 0.900. The molecule has 0 aromatic rings. The predicted octanol–water partition coefficient (Wildman–Crippen LogP) is 2.48. The van der Waals surface area contributed by atoms with Crippen LogP contribution in [0.1, 0.15) is 52.9 Å². The molecule has 0 heterocycles. The topological polar surface area (TPSA) is 29.1 Å². The maximum atomic E-state index is 11.2. The fourth-order valence-electron chi connectivity index (χ4n) is 1.13. The molecule has 2 nitrogen and oxygen atoms in total. The van der Waals surface area contributed by atoms with Gasteiger partial charge in [0.2, 0.25) is 5.91 Å². The molecule has 0 saturated carbocycles. The van der Waals surface area contributed by atoms with Crippen molar-refractivity contribution in [1.82, 2.24) is 5.32 Å². The molecule has 72 valence electrons. The van der Waals surface area contributed by atoms with Gasteiger partial charge in [0.25, 0.3) is 0 Å². The summed E-state index contributed by atoms with van der Waals surface area (Å²) in [7, 11) is 0. The molecule has 1 N–H and O–H groups in total. The summed E-state index contributed by atoms with van der Waals surface area (Å²) in [5, 5.41) is 3.01. The third-order valence-electron chi connectivity index (χ3n) is 2.11. The van der Waals surface area contributed by atoms with Crippen LogP contribution in [0.2, 0.25) is 0 Å². The average molecular weight is 171 g/mol. The zero-order chi connectivity index (χ0) is 9.40. The highest BCUT2D eigenvalue weighted by atomic mass is 16.1. The van der Waals surface area contributed by atoms with E-state index in [4.69, 9.17) is 0 Å². The Balaban J connectivity index is 3.52. The molecule has 0 aliphatic carbocycles. The summed E-state index contributed by atoms with van der Waals surface area (Å²) in [4.78, 5) is 11.2. The predicted molar refractivity (Wildman–Crippen MR) is 52.0 cm³/mol. The maximum Gasteiger partial charge on any atom is 0.220 e. The SMILES string of the molecule is CCCCC(=O)NC(CC)CC. The summed E-state index contributed by atoms with van der Waals surface area (Å²) in [6.07, 6.45) is 4.86. The van der Waals surface area contributed by atoms with Gasteiger partial charge in [-0.1, -0.05) is 27.2 Å². The summed E-state index contributed by atoms with van der Waals surface area (Å²) < 4.78 is 0. The molecule has 0 bridgehead atoms. The molecule has 0 fully saturated rings. The first-order valence-corrected chi connectivity index (χ1v) is 5.03. The van der Waals surface area contributed by atoms with Crippen molar-refractivity contribution < 1.29 is 4.79 Å². The summed E-state index contributed by atoms with van der Waals surface area (Å²) in [5.74, 6) is 0.213. The van der Waals surface area contributed by atoms with Crippen molar-refractivity contribution in [3.63, 3.8) is 0 Å². The van der Waals surface area contributed by atoms with Crippen LogP contribution >= 0.6 is 0 Å². The van der Waals surface area contributed by atoms with Crippen molar-refractivity contribution in [3.8, 4) is 0 Å². The van der Waals surface area contributed by atoms with E-state index in [-0.39, 0.29) is 5.91 Å². The van der Waals surface area contributed by atoms with Crippen LogP contribution in [0.15, 0.2) is 0 Å². The fourth-order valence-corrected chi connectivity index (χ4v) is 1.13. The van der Waals surface area contributed by atoms with Crippen molar-refractivity contribution in [1.29, 1.82) is 0 Å². The van der Waals surface area contributed by atoms with Crippen molar-refractivity contribution in [2.24, 2.45) is 0 Å². The Morgan fingerprint density at radius 1 is 1.25 bits per heavy atom. The summed E-state index contributed by atoms with van der Waals surface area (Å²) in [5.41, 5.74) is 0. The largest absolute Gasteiger partial charge is 0.353 e. The first kappa shape index (κ1) is 11.5. The van der Waals surface area contributed by atoms with E-state index in [1.54, 1.807) is 0 Å². The molecule has 0 spiro atoms. The number of amides is 1. The summed E-state index contributed by atoms with van der Waals surface area (Å²) >= 11 is 0. The third-order valence-corrected chi connectivity index (χ3v) is 2.11. The second-order valence-corrected chi connectivity index (χ2v) is 3.18. The second kappa shape index (κ2) is 7.14. The lowest BCUT2D eigenvalue weighted by Crippen LogP contribution is -2.33. The van der Waals surface area contributed by atoms with Gasteiger partial charge in [0.1, 0.15) is 0 Å². The molecule has 0 atom stereocenters. The van der Waals surface area contributed by atoms with Crippen LogP contribution in [-0.2, 0) is 4.79 Å². The Morgan fingerprint density at radius 3 is 2.25 bits per heavy atom. The molecule has 2 heteroatoms. The van der Waals surface area contributed by atoms with Gasteiger partial charge in [-0.05, 0) is 19.3 Å². The number of nitrogens with one attached hydrogen (secondary N) is 1.